The third kappa shape index (κ3) is 7.26. The van der Waals surface area contributed by atoms with E-state index in [1.54, 1.807) is 0 Å². The van der Waals surface area contributed by atoms with Crippen LogP contribution in [0.2, 0.25) is 0 Å². The lowest BCUT2D eigenvalue weighted by molar-refractivity contribution is -0.118. The van der Waals surface area contributed by atoms with E-state index in [1.165, 1.54) is 19.3 Å². The van der Waals surface area contributed by atoms with Crippen molar-refractivity contribution in [2.24, 2.45) is 0 Å². The summed E-state index contributed by atoms with van der Waals surface area (Å²) >= 11 is 0. The number of rotatable bonds is 11. The number of ether oxygens (including phenoxy) is 2. The Kier molecular flexibility index (Phi) is 8.86. The van der Waals surface area contributed by atoms with Crippen LogP contribution < -0.4 is 14.8 Å². The number of benzene rings is 2. The first-order valence-electron chi connectivity index (χ1n) is 10.3. The smallest absolute Gasteiger partial charge is 0.262 e. The predicted molar refractivity (Wildman–Crippen MR) is 115 cm³/mol. The number of anilines is 1. The number of nitrogens with one attached hydrogen (secondary N) is 1. The van der Waals surface area contributed by atoms with Crippen LogP contribution in [0.15, 0.2) is 42.5 Å². The predicted octanol–water partition coefficient (Wildman–Crippen LogP) is 6.10. The zero-order valence-electron chi connectivity index (χ0n) is 17.6. The Balaban J connectivity index is 1.81. The third-order valence-electron chi connectivity index (χ3n) is 4.55. The maximum absolute atomic E-state index is 12.2. The van der Waals surface area contributed by atoms with Crippen LogP contribution in [0.5, 0.6) is 11.5 Å². The van der Waals surface area contributed by atoms with Gasteiger partial charge in [0.25, 0.3) is 5.91 Å². The van der Waals surface area contributed by atoms with E-state index in [1.807, 2.05) is 37.3 Å². The van der Waals surface area contributed by atoms with Crippen molar-refractivity contribution in [1.82, 2.24) is 0 Å². The zero-order chi connectivity index (χ0) is 20.4. The quantitative estimate of drug-likeness (QED) is 0.477. The van der Waals surface area contributed by atoms with Crippen LogP contribution in [0.25, 0.3) is 0 Å². The molecule has 152 valence electrons. The maximum Gasteiger partial charge on any atom is 0.262 e. The summed E-state index contributed by atoms with van der Waals surface area (Å²) in [5.41, 5.74) is 2.96. The van der Waals surface area contributed by atoms with Crippen molar-refractivity contribution in [3.63, 3.8) is 0 Å². The molecule has 0 bridgehead atoms. The van der Waals surface area contributed by atoms with E-state index in [0.717, 1.165) is 41.3 Å². The van der Waals surface area contributed by atoms with Crippen LogP contribution in [0.1, 0.15) is 63.5 Å². The van der Waals surface area contributed by atoms with E-state index in [9.17, 15) is 4.79 Å². The highest BCUT2D eigenvalue weighted by atomic mass is 16.5. The molecule has 0 aliphatic carbocycles. The molecule has 2 rings (SSSR count). The largest absolute Gasteiger partial charge is 0.494 e. The Morgan fingerprint density at radius 1 is 1.00 bits per heavy atom. The first-order chi connectivity index (χ1) is 13.5. The molecule has 0 spiro atoms. The summed E-state index contributed by atoms with van der Waals surface area (Å²) in [6, 6.07) is 13.6. The van der Waals surface area contributed by atoms with Gasteiger partial charge in [-0.05, 0) is 60.7 Å². The summed E-state index contributed by atoms with van der Waals surface area (Å²) in [6.07, 6.45) is 4.74. The fourth-order valence-corrected chi connectivity index (χ4v) is 2.94. The first kappa shape index (κ1) is 21.8. The van der Waals surface area contributed by atoms with Crippen LogP contribution in [0, 0.1) is 6.92 Å². The van der Waals surface area contributed by atoms with Crippen LogP contribution in [0.4, 0.5) is 5.69 Å². The van der Waals surface area contributed by atoms with Gasteiger partial charge >= 0.3 is 0 Å². The Bertz CT molecular complexity index is 738. The molecule has 28 heavy (non-hydrogen) atoms. The summed E-state index contributed by atoms with van der Waals surface area (Å²) in [5.74, 6) is 1.77. The van der Waals surface area contributed by atoms with Crippen LogP contribution in [-0.4, -0.2) is 19.1 Å². The minimum absolute atomic E-state index is 0.0150. The fourth-order valence-electron chi connectivity index (χ4n) is 2.94. The minimum Gasteiger partial charge on any atom is -0.494 e. The summed E-state index contributed by atoms with van der Waals surface area (Å²) in [5, 5.41) is 2.87. The molecular weight excluding hydrogens is 350 g/mol. The molecule has 1 N–H and O–H groups in total. The average molecular weight is 384 g/mol. The molecule has 0 fully saturated rings. The Morgan fingerprint density at radius 2 is 1.75 bits per heavy atom. The summed E-state index contributed by atoms with van der Waals surface area (Å²) < 4.78 is 11.5. The second-order valence-corrected chi connectivity index (χ2v) is 7.47. The number of hydrogen-bond donors (Lipinski definition) is 1. The van der Waals surface area contributed by atoms with Gasteiger partial charge in [-0.3, -0.25) is 4.79 Å². The molecular formula is C24H33NO3. The molecule has 0 atom stereocenters. The van der Waals surface area contributed by atoms with Gasteiger partial charge in [-0.1, -0.05) is 52.2 Å². The van der Waals surface area contributed by atoms with E-state index in [2.05, 4.69) is 38.2 Å². The molecule has 0 unspecified atom stereocenters. The standard InChI is InChI=1S/C24H33NO3/c1-5-6-7-8-15-27-21-12-10-20(11-13-21)25-24(26)17-28-23-16-19(4)9-14-22(23)18(2)3/h9-14,16,18H,5-8,15,17H2,1-4H3,(H,25,26). The average Bonchev–Trinajstić information content (AvgIpc) is 2.67. The monoisotopic (exact) mass is 383 g/mol. The highest BCUT2D eigenvalue weighted by Gasteiger charge is 2.10. The normalized spacial score (nSPS) is 10.8. The number of carbonyl (C=O) groups excluding carboxylic acids is 1. The van der Waals surface area contributed by atoms with E-state index in [0.29, 0.717) is 5.92 Å². The lowest BCUT2D eigenvalue weighted by Crippen LogP contribution is -2.20. The van der Waals surface area contributed by atoms with E-state index < -0.39 is 0 Å². The number of carbonyl (C=O) groups is 1. The molecule has 4 heteroatoms. The van der Waals surface area contributed by atoms with Crippen molar-refractivity contribution in [1.29, 1.82) is 0 Å². The molecule has 0 saturated heterocycles. The molecule has 2 aromatic rings. The van der Waals surface area contributed by atoms with Crippen molar-refractivity contribution in [2.45, 2.75) is 59.3 Å². The third-order valence-corrected chi connectivity index (χ3v) is 4.55. The van der Waals surface area contributed by atoms with Crippen molar-refractivity contribution in [3.8, 4) is 11.5 Å². The lowest BCUT2D eigenvalue weighted by atomic mass is 10.0. The van der Waals surface area contributed by atoms with E-state index in [4.69, 9.17) is 9.47 Å². The summed E-state index contributed by atoms with van der Waals surface area (Å²) in [7, 11) is 0. The highest BCUT2D eigenvalue weighted by molar-refractivity contribution is 5.91. The van der Waals surface area contributed by atoms with E-state index >= 15 is 0 Å². The van der Waals surface area contributed by atoms with Gasteiger partial charge in [0, 0.05) is 5.69 Å². The SMILES string of the molecule is CCCCCCOc1ccc(NC(=O)COc2cc(C)ccc2C(C)C)cc1. The summed E-state index contributed by atoms with van der Waals surface area (Å²) in [6.45, 7) is 9.16. The molecule has 0 saturated carbocycles. The van der Waals surface area contributed by atoms with Crippen LogP contribution in [0.3, 0.4) is 0 Å². The van der Waals surface area contributed by atoms with Gasteiger partial charge in [0.2, 0.25) is 0 Å². The first-order valence-corrected chi connectivity index (χ1v) is 10.3. The molecule has 0 aromatic heterocycles. The molecule has 4 nitrogen and oxygen atoms in total. The minimum atomic E-state index is -0.176. The summed E-state index contributed by atoms with van der Waals surface area (Å²) in [4.78, 5) is 12.2. The zero-order valence-corrected chi connectivity index (χ0v) is 17.6. The number of hydrogen-bond acceptors (Lipinski definition) is 3. The number of amides is 1. The fraction of sp³-hybridized carbons (Fsp3) is 0.458. The van der Waals surface area contributed by atoms with Gasteiger partial charge in [-0.15, -0.1) is 0 Å². The van der Waals surface area contributed by atoms with Crippen molar-refractivity contribution in [2.75, 3.05) is 18.5 Å². The van der Waals surface area contributed by atoms with Crippen LogP contribution >= 0.6 is 0 Å². The number of aryl methyl sites for hydroxylation is 1. The van der Waals surface area contributed by atoms with Gasteiger partial charge in [-0.25, -0.2) is 0 Å². The van der Waals surface area contributed by atoms with Crippen molar-refractivity contribution < 1.29 is 14.3 Å². The molecule has 0 heterocycles. The molecule has 1 amide bonds. The molecule has 2 aromatic carbocycles. The van der Waals surface area contributed by atoms with Gasteiger partial charge in [0.05, 0.1) is 6.61 Å². The second kappa shape index (κ2) is 11.4. The Morgan fingerprint density at radius 3 is 2.43 bits per heavy atom. The second-order valence-electron chi connectivity index (χ2n) is 7.47. The van der Waals surface area contributed by atoms with Gasteiger partial charge in [0.1, 0.15) is 11.5 Å². The van der Waals surface area contributed by atoms with Gasteiger partial charge in [0.15, 0.2) is 6.61 Å². The van der Waals surface area contributed by atoms with Gasteiger partial charge in [-0.2, -0.15) is 0 Å². The van der Waals surface area contributed by atoms with Crippen molar-refractivity contribution in [3.05, 3.63) is 53.6 Å². The number of unbranched alkanes of at least 4 members (excludes halogenated alkanes) is 3. The Hall–Kier alpha value is -2.49. The molecule has 0 aliphatic rings. The highest BCUT2D eigenvalue weighted by Crippen LogP contribution is 2.27. The Labute approximate surface area is 169 Å². The topological polar surface area (TPSA) is 47.6 Å². The van der Waals surface area contributed by atoms with Gasteiger partial charge < -0.3 is 14.8 Å². The van der Waals surface area contributed by atoms with Crippen LogP contribution in [-0.2, 0) is 4.79 Å². The molecule has 0 aliphatic heterocycles. The van der Waals surface area contributed by atoms with E-state index in [-0.39, 0.29) is 12.5 Å². The molecule has 0 radical (unpaired) electrons. The van der Waals surface area contributed by atoms with Crippen molar-refractivity contribution >= 4 is 11.6 Å². The maximum atomic E-state index is 12.2. The lowest BCUT2D eigenvalue weighted by Gasteiger charge is -2.15.